The van der Waals surface area contributed by atoms with E-state index in [0.717, 1.165) is 12.7 Å². The van der Waals surface area contributed by atoms with Gasteiger partial charge in [-0.05, 0) is 30.3 Å². The van der Waals surface area contributed by atoms with Crippen LogP contribution >= 0.6 is 11.8 Å². The third-order valence-corrected chi connectivity index (χ3v) is 3.31. The molecule has 18 heavy (non-hydrogen) atoms. The minimum atomic E-state index is -0.247. The second kappa shape index (κ2) is 5.63. The van der Waals surface area contributed by atoms with Gasteiger partial charge in [0.2, 0.25) is 0 Å². The Balaban J connectivity index is 2.34. The predicted molar refractivity (Wildman–Crippen MR) is 66.9 cm³/mol. The van der Waals surface area contributed by atoms with Crippen LogP contribution in [-0.2, 0) is 6.54 Å². The zero-order valence-electron chi connectivity index (χ0n) is 9.79. The van der Waals surface area contributed by atoms with Crippen LogP contribution in [0.2, 0.25) is 0 Å². The molecule has 0 fully saturated rings. The van der Waals surface area contributed by atoms with E-state index in [1.54, 1.807) is 18.3 Å². The van der Waals surface area contributed by atoms with Gasteiger partial charge in [-0.15, -0.1) is 5.10 Å². The molecule has 0 aliphatic heterocycles. The van der Waals surface area contributed by atoms with E-state index >= 15 is 0 Å². The Bertz CT molecular complexity index is 605. The van der Waals surface area contributed by atoms with E-state index in [4.69, 9.17) is 0 Å². The summed E-state index contributed by atoms with van der Waals surface area (Å²) in [6, 6.07) is 3.37. The Morgan fingerprint density at radius 1 is 1.56 bits per heavy atom. The molecule has 0 atom stereocenters. The lowest BCUT2D eigenvalue weighted by atomic mass is 10.3. The summed E-state index contributed by atoms with van der Waals surface area (Å²) in [7, 11) is 0. The number of H-pyrrole nitrogens is 1. The van der Waals surface area contributed by atoms with Crippen molar-refractivity contribution < 1.29 is 4.79 Å². The van der Waals surface area contributed by atoms with Gasteiger partial charge in [-0.3, -0.25) is 9.36 Å². The molecule has 0 aliphatic carbocycles. The molecule has 0 amide bonds. The van der Waals surface area contributed by atoms with Gasteiger partial charge in [0.25, 0.3) is 0 Å². The Morgan fingerprint density at radius 2 is 2.39 bits per heavy atom. The number of hydrogen-bond donors (Lipinski definition) is 1. The average molecular weight is 264 g/mol. The molecule has 2 heterocycles. The van der Waals surface area contributed by atoms with E-state index in [1.807, 2.05) is 6.92 Å². The number of carbonyl (C=O) groups is 1. The molecule has 0 saturated heterocycles. The molecule has 94 valence electrons. The number of aromatic nitrogens is 4. The molecule has 0 saturated carbocycles. The molecule has 0 bridgehead atoms. The molecule has 0 aliphatic rings. The summed E-state index contributed by atoms with van der Waals surface area (Å²) in [4.78, 5) is 26.5. The van der Waals surface area contributed by atoms with Crippen molar-refractivity contribution in [2.75, 3.05) is 0 Å². The number of aldehydes is 1. The summed E-state index contributed by atoms with van der Waals surface area (Å²) in [5.74, 6) is 0. The SMILES string of the molecule is CCCn1c(Sc2ncccc2C=O)n[nH]c1=O. The summed E-state index contributed by atoms with van der Waals surface area (Å²) in [6.07, 6.45) is 3.17. The maximum atomic E-state index is 11.5. The third-order valence-electron chi connectivity index (χ3n) is 2.29. The summed E-state index contributed by atoms with van der Waals surface area (Å²) < 4.78 is 1.54. The van der Waals surface area contributed by atoms with Crippen LogP contribution in [0.3, 0.4) is 0 Å². The highest BCUT2D eigenvalue weighted by Gasteiger charge is 2.12. The Kier molecular flexibility index (Phi) is 3.93. The zero-order chi connectivity index (χ0) is 13.0. The maximum Gasteiger partial charge on any atom is 0.343 e. The van der Waals surface area contributed by atoms with Crippen molar-refractivity contribution >= 4 is 18.0 Å². The van der Waals surface area contributed by atoms with Crippen LogP contribution in [0, 0.1) is 0 Å². The highest BCUT2D eigenvalue weighted by Crippen LogP contribution is 2.25. The normalized spacial score (nSPS) is 10.5. The summed E-state index contributed by atoms with van der Waals surface area (Å²) in [5, 5.41) is 7.40. The van der Waals surface area contributed by atoms with Gasteiger partial charge in [0, 0.05) is 18.3 Å². The number of pyridine rings is 1. The second-order valence-electron chi connectivity index (χ2n) is 3.58. The van der Waals surface area contributed by atoms with Gasteiger partial charge < -0.3 is 0 Å². The van der Waals surface area contributed by atoms with Crippen LogP contribution < -0.4 is 5.69 Å². The third kappa shape index (κ3) is 2.51. The van der Waals surface area contributed by atoms with Gasteiger partial charge in [0.1, 0.15) is 5.03 Å². The second-order valence-corrected chi connectivity index (χ2v) is 4.54. The van der Waals surface area contributed by atoms with Crippen molar-refractivity contribution in [3.8, 4) is 0 Å². The minimum absolute atomic E-state index is 0.247. The Labute approximate surface area is 107 Å². The first-order valence-electron chi connectivity index (χ1n) is 5.49. The first-order valence-corrected chi connectivity index (χ1v) is 6.31. The van der Waals surface area contributed by atoms with Crippen molar-refractivity contribution in [1.82, 2.24) is 19.7 Å². The quantitative estimate of drug-likeness (QED) is 0.824. The number of nitrogens with one attached hydrogen (secondary N) is 1. The minimum Gasteiger partial charge on any atom is -0.298 e. The number of nitrogens with zero attached hydrogens (tertiary/aromatic N) is 3. The van der Waals surface area contributed by atoms with Crippen LogP contribution in [0.15, 0.2) is 33.3 Å². The van der Waals surface area contributed by atoms with Crippen LogP contribution in [0.4, 0.5) is 0 Å². The predicted octanol–water partition coefficient (Wildman–Crippen LogP) is 1.34. The lowest BCUT2D eigenvalue weighted by molar-refractivity contribution is 0.112. The van der Waals surface area contributed by atoms with Gasteiger partial charge in [-0.25, -0.2) is 14.9 Å². The molecule has 0 radical (unpaired) electrons. The van der Waals surface area contributed by atoms with E-state index in [9.17, 15) is 9.59 Å². The van der Waals surface area contributed by atoms with Crippen molar-refractivity contribution in [2.24, 2.45) is 0 Å². The largest absolute Gasteiger partial charge is 0.343 e. The molecular formula is C11H12N4O2S. The number of carbonyl (C=O) groups excluding carboxylic acids is 1. The van der Waals surface area contributed by atoms with Gasteiger partial charge in [0.05, 0.1) is 0 Å². The molecular weight excluding hydrogens is 252 g/mol. The van der Waals surface area contributed by atoms with Crippen LogP contribution in [0.25, 0.3) is 0 Å². The van der Waals surface area contributed by atoms with Crippen molar-refractivity contribution in [3.63, 3.8) is 0 Å². The van der Waals surface area contributed by atoms with E-state index in [2.05, 4.69) is 15.2 Å². The maximum absolute atomic E-state index is 11.5. The topological polar surface area (TPSA) is 80.6 Å². The van der Waals surface area contributed by atoms with Crippen LogP contribution in [0.1, 0.15) is 23.7 Å². The van der Waals surface area contributed by atoms with Crippen molar-refractivity contribution in [1.29, 1.82) is 0 Å². The molecule has 0 spiro atoms. The molecule has 2 aromatic heterocycles. The lowest BCUT2D eigenvalue weighted by Crippen LogP contribution is -2.17. The number of hydrogen-bond acceptors (Lipinski definition) is 5. The average Bonchev–Trinajstić information content (AvgIpc) is 2.73. The first kappa shape index (κ1) is 12.6. The van der Waals surface area contributed by atoms with E-state index in [-0.39, 0.29) is 5.69 Å². The highest BCUT2D eigenvalue weighted by atomic mass is 32.2. The number of aromatic amines is 1. The lowest BCUT2D eigenvalue weighted by Gasteiger charge is -2.04. The smallest absolute Gasteiger partial charge is 0.298 e. The fourth-order valence-corrected chi connectivity index (χ4v) is 2.36. The van der Waals surface area contributed by atoms with E-state index < -0.39 is 0 Å². The molecule has 2 rings (SSSR count). The fraction of sp³-hybridized carbons (Fsp3) is 0.273. The van der Waals surface area contributed by atoms with Gasteiger partial charge in [0.15, 0.2) is 11.4 Å². The zero-order valence-corrected chi connectivity index (χ0v) is 10.6. The monoisotopic (exact) mass is 264 g/mol. The van der Waals surface area contributed by atoms with Crippen LogP contribution in [0.5, 0.6) is 0 Å². The molecule has 0 unspecified atom stereocenters. The van der Waals surface area contributed by atoms with Crippen molar-refractivity contribution in [2.45, 2.75) is 30.1 Å². The fourth-order valence-electron chi connectivity index (χ4n) is 1.47. The molecule has 1 N–H and O–H groups in total. The molecule has 7 heteroatoms. The molecule has 6 nitrogen and oxygen atoms in total. The standard InChI is InChI=1S/C11H12N4O2S/c1-2-6-15-10(17)13-14-11(15)18-9-8(7-16)4-3-5-12-9/h3-5,7H,2,6H2,1H3,(H,13,17). The molecule has 2 aromatic rings. The Hall–Kier alpha value is -1.89. The molecule has 0 aromatic carbocycles. The van der Waals surface area contributed by atoms with Crippen LogP contribution in [-0.4, -0.2) is 26.0 Å². The van der Waals surface area contributed by atoms with Gasteiger partial charge in [-0.2, -0.15) is 0 Å². The summed E-state index contributed by atoms with van der Waals surface area (Å²) in [6.45, 7) is 2.56. The van der Waals surface area contributed by atoms with E-state index in [1.165, 1.54) is 16.3 Å². The summed E-state index contributed by atoms with van der Waals surface area (Å²) >= 11 is 1.20. The first-order chi connectivity index (χ1) is 8.76. The summed E-state index contributed by atoms with van der Waals surface area (Å²) in [5.41, 5.74) is 0.240. The van der Waals surface area contributed by atoms with Gasteiger partial charge >= 0.3 is 5.69 Å². The van der Waals surface area contributed by atoms with Crippen molar-refractivity contribution in [3.05, 3.63) is 34.4 Å². The Morgan fingerprint density at radius 3 is 3.11 bits per heavy atom. The highest BCUT2D eigenvalue weighted by molar-refractivity contribution is 7.99. The number of rotatable bonds is 5. The van der Waals surface area contributed by atoms with Gasteiger partial charge in [-0.1, -0.05) is 6.92 Å². The van der Waals surface area contributed by atoms with E-state index in [0.29, 0.717) is 22.3 Å².